The van der Waals surface area contributed by atoms with Crippen molar-refractivity contribution in [3.63, 3.8) is 0 Å². The van der Waals surface area contributed by atoms with Gasteiger partial charge in [-0.25, -0.2) is 4.79 Å². The van der Waals surface area contributed by atoms with Gasteiger partial charge in [0.1, 0.15) is 30.2 Å². The van der Waals surface area contributed by atoms with E-state index in [1.54, 1.807) is 20.8 Å². The number of hydrogen-bond acceptors (Lipinski definition) is 10. The molecule has 1 fully saturated rings. The van der Waals surface area contributed by atoms with E-state index in [-0.39, 0.29) is 43.0 Å². The molecular weight excluding hydrogens is 678 g/mol. The molecule has 0 radical (unpaired) electrons. The van der Waals surface area contributed by atoms with Crippen LogP contribution in [0.3, 0.4) is 0 Å². The van der Waals surface area contributed by atoms with E-state index in [0.717, 1.165) is 0 Å². The first-order chi connectivity index (χ1) is 24.5. The fourth-order valence-corrected chi connectivity index (χ4v) is 5.69. The van der Waals surface area contributed by atoms with Crippen molar-refractivity contribution in [2.24, 2.45) is 29.2 Å². The van der Waals surface area contributed by atoms with Crippen LogP contribution in [0, 0.1) is 17.8 Å². The van der Waals surface area contributed by atoms with E-state index in [1.807, 2.05) is 20.8 Å². The maximum Gasteiger partial charge on any atom is 0.326 e. The molecule has 0 saturated carbocycles. The molecule has 0 spiro atoms. The van der Waals surface area contributed by atoms with Crippen LogP contribution in [-0.4, -0.2) is 120 Å². The first-order valence-corrected chi connectivity index (χ1v) is 18.1. The summed E-state index contributed by atoms with van der Waals surface area (Å²) in [4.78, 5) is 103. The minimum Gasteiger partial charge on any atom is -0.480 e. The summed E-state index contributed by atoms with van der Waals surface area (Å²) in [5, 5.41) is 24.8. The van der Waals surface area contributed by atoms with Gasteiger partial charge < -0.3 is 53.4 Å². The van der Waals surface area contributed by atoms with Crippen molar-refractivity contribution in [1.82, 2.24) is 36.8 Å². The van der Waals surface area contributed by atoms with Crippen molar-refractivity contribution < 1.29 is 43.5 Å². The first kappa shape index (κ1) is 45.7. The average molecular weight is 740 g/mol. The minimum atomic E-state index is -1.21. The number of carboxylic acid groups (broad SMARTS) is 1. The van der Waals surface area contributed by atoms with Gasteiger partial charge in [0.2, 0.25) is 41.4 Å². The number of nitrogens with one attached hydrogen (secondary N) is 6. The lowest BCUT2D eigenvalue weighted by Crippen LogP contribution is -2.58. The highest BCUT2D eigenvalue weighted by Crippen LogP contribution is 2.18. The van der Waals surface area contributed by atoms with Gasteiger partial charge in [-0.05, 0) is 62.8 Å². The number of rotatable bonds is 23. The third kappa shape index (κ3) is 15.5. The van der Waals surface area contributed by atoms with E-state index in [1.165, 1.54) is 4.90 Å². The number of unbranched alkanes of at least 4 members (excludes halogenated alkanes) is 1. The number of carboxylic acids is 1. The second-order valence-electron chi connectivity index (χ2n) is 14.0. The molecule has 11 N–H and O–H groups in total. The number of likely N-dealkylation sites (tertiary alicyclic amines) is 1. The number of carbonyl (C=O) groups is 8. The van der Waals surface area contributed by atoms with Crippen LogP contribution >= 0.6 is 0 Å². The van der Waals surface area contributed by atoms with Crippen LogP contribution in [-0.2, 0) is 38.4 Å². The SMILES string of the molecule is CC[C@H](C)[C@H](NC(=O)[C@H](CC(C)C)NC(=O)CNC(=O)[C@@H](NC(=O)[C@@H]1CCCN1C(=O)CN)C(C)C)C(=O)NCC(=O)N[C@@H](CCCCN)C(=O)O. The molecule has 296 valence electrons. The molecule has 6 atom stereocenters. The van der Waals surface area contributed by atoms with Crippen LogP contribution < -0.4 is 43.4 Å². The molecule has 0 unspecified atom stereocenters. The predicted octanol–water partition coefficient (Wildman–Crippen LogP) is -1.93. The van der Waals surface area contributed by atoms with Gasteiger partial charge in [-0.2, -0.15) is 0 Å². The Hall–Kier alpha value is -4.32. The summed E-state index contributed by atoms with van der Waals surface area (Å²) in [5.41, 5.74) is 10.9. The fraction of sp³-hybridized carbons (Fsp3) is 0.765. The Labute approximate surface area is 306 Å². The van der Waals surface area contributed by atoms with E-state index in [0.29, 0.717) is 45.2 Å². The molecule has 1 aliphatic heterocycles. The van der Waals surface area contributed by atoms with Gasteiger partial charge in [-0.3, -0.25) is 33.6 Å². The predicted molar refractivity (Wildman–Crippen MR) is 192 cm³/mol. The molecule has 18 nitrogen and oxygen atoms in total. The molecule has 1 heterocycles. The Morgan fingerprint density at radius 2 is 1.35 bits per heavy atom. The van der Waals surface area contributed by atoms with Gasteiger partial charge >= 0.3 is 5.97 Å². The summed E-state index contributed by atoms with van der Waals surface area (Å²) in [7, 11) is 0. The third-order valence-corrected chi connectivity index (χ3v) is 8.88. The van der Waals surface area contributed by atoms with Gasteiger partial charge in [0.25, 0.3) is 0 Å². The summed E-state index contributed by atoms with van der Waals surface area (Å²) in [6.45, 7) is 10.2. The number of carbonyl (C=O) groups excluding carboxylic acids is 7. The molecule has 52 heavy (non-hydrogen) atoms. The van der Waals surface area contributed by atoms with Gasteiger partial charge in [0.05, 0.1) is 19.6 Å². The molecule has 7 amide bonds. The van der Waals surface area contributed by atoms with Gasteiger partial charge in [-0.15, -0.1) is 0 Å². The van der Waals surface area contributed by atoms with E-state index >= 15 is 0 Å². The van der Waals surface area contributed by atoms with Crippen molar-refractivity contribution in [3.8, 4) is 0 Å². The van der Waals surface area contributed by atoms with Crippen LogP contribution in [0.2, 0.25) is 0 Å². The summed E-state index contributed by atoms with van der Waals surface area (Å²) in [6.07, 6.45) is 3.01. The summed E-state index contributed by atoms with van der Waals surface area (Å²) in [5.74, 6) is -6.18. The Morgan fingerprint density at radius 1 is 0.769 bits per heavy atom. The third-order valence-electron chi connectivity index (χ3n) is 8.88. The monoisotopic (exact) mass is 739 g/mol. The fourth-order valence-electron chi connectivity index (χ4n) is 5.69. The van der Waals surface area contributed by atoms with Crippen molar-refractivity contribution >= 4 is 47.3 Å². The Bertz CT molecular complexity index is 1250. The highest BCUT2D eigenvalue weighted by atomic mass is 16.4. The zero-order valence-corrected chi connectivity index (χ0v) is 31.4. The molecule has 0 bridgehead atoms. The second kappa shape index (κ2) is 23.3. The summed E-state index contributed by atoms with van der Waals surface area (Å²) in [6, 6.07) is -5.05. The standard InChI is InChI=1S/C34H61N9O9/c1-7-21(6)29(33(50)38-17-25(44)39-22(34(51)52)11-8-9-13-35)42-30(47)23(15-19(2)3)40-26(45)18-37-32(49)28(20(4)5)41-31(48)24-12-10-14-43(24)27(46)16-36/h19-24,28-29H,7-18,35-36H2,1-6H3,(H,37,49)(H,38,50)(H,39,44)(H,40,45)(H,41,48)(H,42,47)(H,51,52)/t21-,22-,23-,24-,28-,29-/m0/s1. The van der Waals surface area contributed by atoms with E-state index < -0.39 is 84.7 Å². The number of nitrogens with zero attached hydrogens (tertiary/aromatic N) is 1. The molecular formula is C34H61N9O9. The molecule has 1 saturated heterocycles. The van der Waals surface area contributed by atoms with E-state index in [4.69, 9.17) is 11.5 Å². The Morgan fingerprint density at radius 3 is 1.85 bits per heavy atom. The van der Waals surface area contributed by atoms with Crippen LogP contribution in [0.1, 0.15) is 86.5 Å². The summed E-state index contributed by atoms with van der Waals surface area (Å²) >= 11 is 0. The molecule has 1 aliphatic rings. The van der Waals surface area contributed by atoms with Gasteiger partial charge in [-0.1, -0.05) is 48.0 Å². The molecule has 0 aliphatic carbocycles. The second-order valence-corrected chi connectivity index (χ2v) is 14.0. The lowest BCUT2D eigenvalue weighted by atomic mass is 9.96. The van der Waals surface area contributed by atoms with Crippen LogP contribution in [0.5, 0.6) is 0 Å². The van der Waals surface area contributed by atoms with Crippen molar-refractivity contribution in [2.75, 3.05) is 32.7 Å². The van der Waals surface area contributed by atoms with Crippen molar-refractivity contribution in [1.29, 1.82) is 0 Å². The molecule has 0 aromatic rings. The smallest absolute Gasteiger partial charge is 0.326 e. The number of aliphatic carboxylic acids is 1. The van der Waals surface area contributed by atoms with Crippen molar-refractivity contribution in [3.05, 3.63) is 0 Å². The highest BCUT2D eigenvalue weighted by molar-refractivity contribution is 5.96. The van der Waals surface area contributed by atoms with E-state index in [2.05, 4.69) is 31.9 Å². The zero-order chi connectivity index (χ0) is 39.5. The molecule has 1 rings (SSSR count). The average Bonchev–Trinajstić information content (AvgIpc) is 3.59. The number of nitrogens with two attached hydrogens (primary N) is 2. The summed E-state index contributed by atoms with van der Waals surface area (Å²) < 4.78 is 0. The van der Waals surface area contributed by atoms with Crippen LogP contribution in [0.4, 0.5) is 0 Å². The van der Waals surface area contributed by atoms with Crippen LogP contribution in [0.25, 0.3) is 0 Å². The zero-order valence-electron chi connectivity index (χ0n) is 31.4. The minimum absolute atomic E-state index is 0.0564. The largest absolute Gasteiger partial charge is 0.480 e. The van der Waals surface area contributed by atoms with Gasteiger partial charge in [0, 0.05) is 6.54 Å². The van der Waals surface area contributed by atoms with E-state index in [9.17, 15) is 43.5 Å². The molecule has 0 aromatic heterocycles. The lowest BCUT2D eigenvalue weighted by molar-refractivity contribution is -0.142. The maximum absolute atomic E-state index is 13.5. The lowest BCUT2D eigenvalue weighted by Gasteiger charge is -2.28. The molecule has 18 heteroatoms. The Balaban J connectivity index is 2.88. The topological polar surface area (TPSA) is 284 Å². The highest BCUT2D eigenvalue weighted by Gasteiger charge is 2.36. The normalized spacial score (nSPS) is 17.0. The van der Waals surface area contributed by atoms with Crippen molar-refractivity contribution in [2.45, 2.75) is 117 Å². The van der Waals surface area contributed by atoms with Crippen LogP contribution in [0.15, 0.2) is 0 Å². The van der Waals surface area contributed by atoms with Gasteiger partial charge in [0.15, 0.2) is 0 Å². The quantitative estimate of drug-likeness (QED) is 0.0520. The Kier molecular flexibility index (Phi) is 20.5. The first-order valence-electron chi connectivity index (χ1n) is 18.1. The number of hydrogen-bond donors (Lipinski definition) is 9. The maximum atomic E-state index is 13.5. The molecule has 0 aromatic carbocycles. The number of amides is 7.